The summed E-state index contributed by atoms with van der Waals surface area (Å²) in [5, 5.41) is 16.2. The van der Waals surface area contributed by atoms with Gasteiger partial charge in [0.05, 0.1) is 13.5 Å². The van der Waals surface area contributed by atoms with Crippen molar-refractivity contribution in [1.82, 2.24) is 10.2 Å². The number of nitrogens with zero attached hydrogens (tertiary/aromatic N) is 2. The fourth-order valence-corrected chi connectivity index (χ4v) is 6.16. The number of anilines is 2. The fraction of sp³-hybridized carbons (Fsp3) is 0.324. The summed E-state index contributed by atoms with van der Waals surface area (Å²) in [6.45, 7) is 3.29. The molecule has 1 heterocycles. The lowest BCUT2D eigenvalue weighted by Gasteiger charge is -2.47. The molecule has 0 bridgehead atoms. The van der Waals surface area contributed by atoms with Crippen LogP contribution in [0.2, 0.25) is 10.0 Å². The van der Waals surface area contributed by atoms with Gasteiger partial charge in [-0.3, -0.25) is 19.3 Å². The molecule has 4 rings (SSSR count). The van der Waals surface area contributed by atoms with E-state index < -0.39 is 29.3 Å². The van der Waals surface area contributed by atoms with Crippen molar-refractivity contribution >= 4 is 64.4 Å². The van der Waals surface area contributed by atoms with E-state index >= 15 is 0 Å². The molecule has 1 aliphatic rings. The number of carboxylic acids is 1. The van der Waals surface area contributed by atoms with Gasteiger partial charge in [0.25, 0.3) is 0 Å². The first-order valence-electron chi connectivity index (χ1n) is 14.8. The second kappa shape index (κ2) is 15.3. The number of carbonyl (C=O) groups is 5. The lowest BCUT2D eigenvalue weighted by Crippen LogP contribution is -2.59. The Labute approximate surface area is 282 Å². The van der Waals surface area contributed by atoms with E-state index in [0.717, 1.165) is 5.56 Å². The lowest BCUT2D eigenvalue weighted by atomic mass is 9.78. The van der Waals surface area contributed by atoms with Crippen molar-refractivity contribution in [3.05, 3.63) is 93.5 Å². The van der Waals surface area contributed by atoms with Crippen molar-refractivity contribution in [2.75, 3.05) is 30.4 Å². The summed E-state index contributed by atoms with van der Waals surface area (Å²) in [6.07, 6.45) is -0.398. The molecule has 248 valence electrons. The van der Waals surface area contributed by atoms with Crippen LogP contribution in [0.3, 0.4) is 0 Å². The molecular weight excluding hydrogens is 647 g/mol. The molecule has 0 saturated carbocycles. The number of rotatable bonds is 12. The maximum Gasteiger partial charge on any atom is 0.328 e. The van der Waals surface area contributed by atoms with Crippen LogP contribution in [-0.4, -0.2) is 66.0 Å². The lowest BCUT2D eigenvalue weighted by molar-refractivity contribution is -0.144. The number of benzene rings is 3. The highest BCUT2D eigenvalue weighted by Gasteiger charge is 2.46. The molecule has 0 aromatic heterocycles. The molecule has 3 N–H and O–H groups in total. The van der Waals surface area contributed by atoms with E-state index in [-0.39, 0.29) is 50.8 Å². The van der Waals surface area contributed by atoms with Crippen LogP contribution in [0.1, 0.15) is 36.5 Å². The molecule has 0 radical (unpaired) electrons. The van der Waals surface area contributed by atoms with Crippen LogP contribution < -0.4 is 15.5 Å². The van der Waals surface area contributed by atoms with Gasteiger partial charge in [-0.1, -0.05) is 59.1 Å². The van der Waals surface area contributed by atoms with Crippen molar-refractivity contribution in [1.29, 1.82) is 0 Å². The van der Waals surface area contributed by atoms with Gasteiger partial charge >= 0.3 is 18.0 Å². The number of nitrogens with one attached hydrogen (secondary N) is 2. The number of hydrogen-bond donors (Lipinski definition) is 3. The number of amides is 4. The molecule has 47 heavy (non-hydrogen) atoms. The number of halogens is 2. The van der Waals surface area contributed by atoms with E-state index in [2.05, 4.69) is 10.6 Å². The Hall–Kier alpha value is -4.61. The van der Waals surface area contributed by atoms with Gasteiger partial charge in [-0.15, -0.1) is 0 Å². The molecule has 4 amide bonds. The first-order valence-corrected chi connectivity index (χ1v) is 15.6. The SMILES string of the molecule is COC(=O)C(Cc1ccc(NC(=O)CC2(CC(=O)O)CN(Cc3ccc(Cl)cc3Cl)C(=O)N(c3ccc(C)cc3)C2)cc1)NC(C)=O. The molecule has 0 spiro atoms. The van der Waals surface area contributed by atoms with E-state index in [1.54, 1.807) is 54.6 Å². The average Bonchev–Trinajstić information content (AvgIpc) is 3.00. The second-order valence-electron chi connectivity index (χ2n) is 11.8. The predicted octanol–water partition coefficient (Wildman–Crippen LogP) is 5.45. The summed E-state index contributed by atoms with van der Waals surface area (Å²) in [6, 6.07) is 17.7. The summed E-state index contributed by atoms with van der Waals surface area (Å²) in [4.78, 5) is 66.3. The number of hydrogen-bond acceptors (Lipinski definition) is 6. The zero-order valence-corrected chi connectivity index (χ0v) is 27.7. The Balaban J connectivity index is 1.58. The maximum absolute atomic E-state index is 13.9. The third-order valence-electron chi connectivity index (χ3n) is 7.85. The normalized spacial score (nSPS) is 16.7. The first kappa shape index (κ1) is 35.2. The fourth-order valence-electron chi connectivity index (χ4n) is 5.70. The van der Waals surface area contributed by atoms with Crippen LogP contribution in [-0.2, 0) is 36.9 Å². The molecule has 1 fully saturated rings. The molecule has 2 unspecified atom stereocenters. The summed E-state index contributed by atoms with van der Waals surface area (Å²) in [5.74, 6) is -2.50. The molecule has 3 aromatic rings. The molecule has 11 nitrogen and oxygen atoms in total. The monoisotopic (exact) mass is 682 g/mol. The number of urea groups is 1. The molecular formula is C34H36Cl2N4O7. The summed E-state index contributed by atoms with van der Waals surface area (Å²) < 4.78 is 4.78. The average molecular weight is 684 g/mol. The smallest absolute Gasteiger partial charge is 0.328 e. The van der Waals surface area contributed by atoms with Crippen molar-refractivity contribution in [2.24, 2.45) is 5.41 Å². The second-order valence-corrected chi connectivity index (χ2v) is 12.6. The van der Waals surface area contributed by atoms with E-state index in [4.69, 9.17) is 27.9 Å². The van der Waals surface area contributed by atoms with Gasteiger partial charge in [-0.2, -0.15) is 0 Å². The highest BCUT2D eigenvalue weighted by Crippen LogP contribution is 2.38. The Morgan fingerprint density at radius 2 is 1.66 bits per heavy atom. The number of esters is 1. The molecule has 3 aromatic carbocycles. The number of aliphatic carboxylic acids is 1. The van der Waals surface area contributed by atoms with E-state index in [0.29, 0.717) is 32.5 Å². The van der Waals surface area contributed by atoms with E-state index in [1.165, 1.54) is 23.8 Å². The Morgan fingerprint density at radius 3 is 2.26 bits per heavy atom. The highest BCUT2D eigenvalue weighted by molar-refractivity contribution is 6.35. The molecule has 0 aliphatic carbocycles. The zero-order chi connectivity index (χ0) is 34.3. The van der Waals surface area contributed by atoms with Gasteiger partial charge in [0.2, 0.25) is 11.8 Å². The first-order chi connectivity index (χ1) is 22.3. The van der Waals surface area contributed by atoms with E-state index in [9.17, 15) is 29.1 Å². The minimum absolute atomic E-state index is 0.00350. The van der Waals surface area contributed by atoms with Crippen LogP contribution in [0.25, 0.3) is 0 Å². The Morgan fingerprint density at radius 1 is 0.979 bits per heavy atom. The predicted molar refractivity (Wildman–Crippen MR) is 178 cm³/mol. The standard InChI is InChI=1S/C34H36Cl2N4O7/c1-21-4-12-27(13-5-21)40-20-34(17-31(43)44,19-39(33(40)46)18-24-8-9-25(35)15-28(24)36)16-30(42)38-26-10-6-23(7-11-26)14-29(32(45)47-3)37-22(2)41/h4-13,15,29H,14,16-20H2,1-3H3,(H,37,41)(H,38,42)(H,43,44). The van der Waals surface area contributed by atoms with Crippen LogP contribution >= 0.6 is 23.2 Å². The Bertz CT molecular complexity index is 1650. The van der Waals surface area contributed by atoms with Gasteiger partial charge < -0.3 is 25.4 Å². The number of carbonyl (C=O) groups excluding carboxylic acids is 4. The maximum atomic E-state index is 13.9. The Kier molecular flexibility index (Phi) is 11.5. The number of carboxylic acid groups (broad SMARTS) is 1. The summed E-state index contributed by atoms with van der Waals surface area (Å²) in [5.41, 5.74) is 2.18. The topological polar surface area (TPSA) is 145 Å². The van der Waals surface area contributed by atoms with Gasteiger partial charge in [0.1, 0.15) is 6.04 Å². The van der Waals surface area contributed by atoms with Crippen LogP contribution in [0, 0.1) is 12.3 Å². The summed E-state index contributed by atoms with van der Waals surface area (Å²) in [7, 11) is 1.24. The quantitative estimate of drug-likeness (QED) is 0.215. The molecule has 2 atom stereocenters. The third-order valence-corrected chi connectivity index (χ3v) is 8.43. The van der Waals surface area contributed by atoms with Crippen molar-refractivity contribution in [3.8, 4) is 0 Å². The minimum Gasteiger partial charge on any atom is -0.481 e. The van der Waals surface area contributed by atoms with Crippen molar-refractivity contribution < 1.29 is 33.8 Å². The van der Waals surface area contributed by atoms with Crippen molar-refractivity contribution in [2.45, 2.75) is 45.7 Å². The van der Waals surface area contributed by atoms with Gasteiger partial charge in [0.15, 0.2) is 0 Å². The minimum atomic E-state index is -1.17. The largest absolute Gasteiger partial charge is 0.481 e. The molecule has 1 aliphatic heterocycles. The van der Waals surface area contributed by atoms with Crippen LogP contribution in [0.4, 0.5) is 16.2 Å². The molecule has 13 heteroatoms. The molecule has 1 saturated heterocycles. The van der Waals surface area contributed by atoms with Gasteiger partial charge in [0, 0.05) is 66.2 Å². The summed E-state index contributed by atoms with van der Waals surface area (Å²) >= 11 is 12.5. The number of ether oxygens (including phenoxy) is 1. The van der Waals surface area contributed by atoms with Crippen molar-refractivity contribution in [3.63, 3.8) is 0 Å². The van der Waals surface area contributed by atoms with Gasteiger partial charge in [-0.05, 0) is 54.4 Å². The highest BCUT2D eigenvalue weighted by atomic mass is 35.5. The van der Waals surface area contributed by atoms with Gasteiger partial charge in [-0.25, -0.2) is 9.59 Å². The number of methoxy groups -OCH3 is 1. The number of aryl methyl sites for hydroxylation is 1. The van der Waals surface area contributed by atoms with Crippen LogP contribution in [0.5, 0.6) is 0 Å². The van der Waals surface area contributed by atoms with E-state index in [1.807, 2.05) is 19.1 Å². The third kappa shape index (κ3) is 9.46. The van der Waals surface area contributed by atoms with Crippen LogP contribution in [0.15, 0.2) is 66.7 Å². The zero-order valence-electron chi connectivity index (χ0n) is 26.2.